The Labute approximate surface area is 91.7 Å². The van der Waals surface area contributed by atoms with Crippen molar-refractivity contribution >= 4 is 28.8 Å². The lowest BCUT2D eigenvalue weighted by atomic mass is 10.3. The monoisotopic (exact) mass is 233 g/mol. The zero-order valence-corrected chi connectivity index (χ0v) is 9.58. The van der Waals surface area contributed by atoms with Crippen LogP contribution in [0.1, 0.15) is 22.2 Å². The van der Waals surface area contributed by atoms with E-state index in [4.69, 9.17) is 16.7 Å². The third-order valence-corrected chi connectivity index (χ3v) is 3.36. The molecule has 2 N–H and O–H groups in total. The standard InChI is InChI=1S/C9H12ClNO2S/c1-5-4-14-8(7(5)10)9(13)11-3-6(2)12/h4,6,12H,3H2,1-2H3,(H,11,13)/t6-/m1/s1. The Bertz CT molecular complexity index is 336. The maximum atomic E-state index is 11.5. The summed E-state index contributed by atoms with van der Waals surface area (Å²) < 4.78 is 0. The average molecular weight is 234 g/mol. The van der Waals surface area contributed by atoms with Crippen LogP contribution in [-0.2, 0) is 0 Å². The number of hydrogen-bond acceptors (Lipinski definition) is 3. The van der Waals surface area contributed by atoms with Crippen molar-refractivity contribution in [2.45, 2.75) is 20.0 Å². The van der Waals surface area contributed by atoms with Crippen LogP contribution in [0.15, 0.2) is 5.38 Å². The molecule has 0 saturated carbocycles. The fourth-order valence-electron chi connectivity index (χ4n) is 0.904. The lowest BCUT2D eigenvalue weighted by Crippen LogP contribution is -2.30. The highest BCUT2D eigenvalue weighted by Gasteiger charge is 2.14. The number of halogens is 1. The van der Waals surface area contributed by atoms with Crippen LogP contribution in [0, 0.1) is 6.92 Å². The van der Waals surface area contributed by atoms with Gasteiger partial charge in [-0.3, -0.25) is 4.79 Å². The van der Waals surface area contributed by atoms with Crippen molar-refractivity contribution in [1.82, 2.24) is 5.32 Å². The molecule has 5 heteroatoms. The minimum absolute atomic E-state index is 0.228. The van der Waals surface area contributed by atoms with E-state index >= 15 is 0 Å². The molecule has 3 nitrogen and oxygen atoms in total. The van der Waals surface area contributed by atoms with E-state index in [2.05, 4.69) is 5.32 Å². The summed E-state index contributed by atoms with van der Waals surface area (Å²) in [6, 6.07) is 0. The third-order valence-electron chi connectivity index (χ3n) is 1.66. The molecule has 0 bridgehead atoms. The second kappa shape index (κ2) is 4.77. The van der Waals surface area contributed by atoms with Gasteiger partial charge in [-0.05, 0) is 24.8 Å². The summed E-state index contributed by atoms with van der Waals surface area (Å²) in [5.74, 6) is -0.228. The molecule has 1 aromatic heterocycles. The predicted molar refractivity (Wildman–Crippen MR) is 58.1 cm³/mol. The van der Waals surface area contributed by atoms with Gasteiger partial charge < -0.3 is 10.4 Å². The van der Waals surface area contributed by atoms with Crippen molar-refractivity contribution in [3.8, 4) is 0 Å². The Morgan fingerprint density at radius 3 is 2.86 bits per heavy atom. The van der Waals surface area contributed by atoms with Gasteiger partial charge in [0.05, 0.1) is 11.1 Å². The number of aliphatic hydroxyl groups is 1. The molecular formula is C9H12ClNO2S. The van der Waals surface area contributed by atoms with E-state index < -0.39 is 6.10 Å². The number of amides is 1. The maximum absolute atomic E-state index is 11.5. The van der Waals surface area contributed by atoms with Gasteiger partial charge in [-0.2, -0.15) is 0 Å². The predicted octanol–water partition coefficient (Wildman–Crippen LogP) is 1.82. The Morgan fingerprint density at radius 2 is 2.43 bits per heavy atom. The summed E-state index contributed by atoms with van der Waals surface area (Å²) in [7, 11) is 0. The van der Waals surface area contributed by atoms with Crippen molar-refractivity contribution in [1.29, 1.82) is 0 Å². The Balaban J connectivity index is 2.66. The lowest BCUT2D eigenvalue weighted by molar-refractivity contribution is 0.0928. The van der Waals surface area contributed by atoms with Crippen LogP contribution in [-0.4, -0.2) is 23.7 Å². The first kappa shape index (κ1) is 11.5. The molecule has 1 rings (SSSR count). The van der Waals surface area contributed by atoms with Gasteiger partial charge >= 0.3 is 0 Å². The lowest BCUT2D eigenvalue weighted by Gasteiger charge is -2.05. The molecule has 0 radical (unpaired) electrons. The summed E-state index contributed by atoms with van der Waals surface area (Å²) in [5.41, 5.74) is 0.902. The van der Waals surface area contributed by atoms with E-state index in [1.165, 1.54) is 11.3 Å². The molecule has 1 aromatic rings. The van der Waals surface area contributed by atoms with Crippen LogP contribution in [0.5, 0.6) is 0 Å². The summed E-state index contributed by atoms with van der Waals surface area (Å²) in [5, 5.41) is 13.9. The van der Waals surface area contributed by atoms with Gasteiger partial charge in [0, 0.05) is 6.54 Å². The topological polar surface area (TPSA) is 49.3 Å². The van der Waals surface area contributed by atoms with Crippen LogP contribution in [0.3, 0.4) is 0 Å². The van der Waals surface area contributed by atoms with Gasteiger partial charge in [0.25, 0.3) is 5.91 Å². The van der Waals surface area contributed by atoms with E-state index in [0.29, 0.717) is 9.90 Å². The minimum Gasteiger partial charge on any atom is -0.392 e. The van der Waals surface area contributed by atoms with Gasteiger partial charge in [0.15, 0.2) is 0 Å². The highest BCUT2D eigenvalue weighted by Crippen LogP contribution is 2.26. The normalized spacial score (nSPS) is 12.6. The van der Waals surface area contributed by atoms with E-state index in [0.717, 1.165) is 5.56 Å². The largest absolute Gasteiger partial charge is 0.392 e. The highest BCUT2D eigenvalue weighted by atomic mass is 35.5. The SMILES string of the molecule is Cc1csc(C(=O)NC[C@@H](C)O)c1Cl. The zero-order valence-electron chi connectivity index (χ0n) is 8.00. The number of aliphatic hydroxyl groups excluding tert-OH is 1. The molecule has 0 saturated heterocycles. The quantitative estimate of drug-likeness (QED) is 0.837. The second-order valence-corrected chi connectivity index (χ2v) is 4.38. The molecular weight excluding hydrogens is 222 g/mol. The number of carbonyl (C=O) groups excluding carboxylic acids is 1. The molecule has 78 valence electrons. The van der Waals surface area contributed by atoms with E-state index in [1.807, 2.05) is 12.3 Å². The molecule has 0 fully saturated rings. The zero-order chi connectivity index (χ0) is 10.7. The Hall–Kier alpha value is -0.580. The fraction of sp³-hybridized carbons (Fsp3) is 0.444. The maximum Gasteiger partial charge on any atom is 0.262 e. The first-order valence-electron chi connectivity index (χ1n) is 4.22. The number of rotatable bonds is 3. The van der Waals surface area contributed by atoms with Crippen molar-refractivity contribution in [2.24, 2.45) is 0 Å². The van der Waals surface area contributed by atoms with E-state index in [1.54, 1.807) is 6.92 Å². The van der Waals surface area contributed by atoms with Gasteiger partial charge in [0.1, 0.15) is 4.88 Å². The number of aryl methyl sites for hydroxylation is 1. The molecule has 0 aliphatic carbocycles. The van der Waals surface area contributed by atoms with Crippen molar-refractivity contribution in [3.05, 3.63) is 20.8 Å². The van der Waals surface area contributed by atoms with Crippen LogP contribution >= 0.6 is 22.9 Å². The van der Waals surface area contributed by atoms with E-state index in [-0.39, 0.29) is 12.5 Å². The molecule has 0 aliphatic heterocycles. The van der Waals surface area contributed by atoms with E-state index in [9.17, 15) is 4.79 Å². The molecule has 0 spiro atoms. The average Bonchev–Trinajstić information content (AvgIpc) is 2.44. The number of nitrogens with one attached hydrogen (secondary N) is 1. The number of carbonyl (C=O) groups is 1. The molecule has 1 atom stereocenters. The Morgan fingerprint density at radius 1 is 1.79 bits per heavy atom. The minimum atomic E-state index is -0.543. The molecule has 0 aromatic carbocycles. The van der Waals surface area contributed by atoms with Gasteiger partial charge in [-0.15, -0.1) is 11.3 Å². The fourth-order valence-corrected chi connectivity index (χ4v) is 2.10. The molecule has 1 amide bonds. The second-order valence-electron chi connectivity index (χ2n) is 3.12. The summed E-state index contributed by atoms with van der Waals surface area (Å²) in [6.45, 7) is 3.71. The highest BCUT2D eigenvalue weighted by molar-refractivity contribution is 7.13. The van der Waals surface area contributed by atoms with Crippen molar-refractivity contribution < 1.29 is 9.90 Å². The smallest absolute Gasteiger partial charge is 0.262 e. The van der Waals surface area contributed by atoms with Crippen LogP contribution < -0.4 is 5.32 Å². The molecule has 14 heavy (non-hydrogen) atoms. The Kier molecular flexibility index (Phi) is 3.92. The summed E-state index contributed by atoms with van der Waals surface area (Å²) >= 11 is 7.22. The van der Waals surface area contributed by atoms with Gasteiger partial charge in [-0.25, -0.2) is 0 Å². The van der Waals surface area contributed by atoms with Crippen LogP contribution in [0.4, 0.5) is 0 Å². The number of hydrogen-bond donors (Lipinski definition) is 2. The number of thiophene rings is 1. The third kappa shape index (κ3) is 2.70. The van der Waals surface area contributed by atoms with Crippen LogP contribution in [0.2, 0.25) is 5.02 Å². The van der Waals surface area contributed by atoms with Crippen LogP contribution in [0.25, 0.3) is 0 Å². The van der Waals surface area contributed by atoms with Gasteiger partial charge in [0.2, 0.25) is 0 Å². The summed E-state index contributed by atoms with van der Waals surface area (Å²) in [6.07, 6.45) is -0.543. The molecule has 0 unspecified atom stereocenters. The first-order chi connectivity index (χ1) is 6.52. The first-order valence-corrected chi connectivity index (χ1v) is 5.48. The summed E-state index contributed by atoms with van der Waals surface area (Å²) in [4.78, 5) is 12.0. The van der Waals surface area contributed by atoms with Gasteiger partial charge in [-0.1, -0.05) is 11.6 Å². The molecule has 0 aliphatic rings. The van der Waals surface area contributed by atoms with Crippen molar-refractivity contribution in [3.63, 3.8) is 0 Å². The molecule has 1 heterocycles. The van der Waals surface area contributed by atoms with Crippen molar-refractivity contribution in [2.75, 3.05) is 6.54 Å².